The van der Waals surface area contributed by atoms with Gasteiger partial charge in [-0.05, 0) is 13.8 Å². The van der Waals surface area contributed by atoms with Gasteiger partial charge in [-0.25, -0.2) is 9.78 Å². The molecule has 0 saturated carbocycles. The minimum Gasteiger partial charge on any atom is -0.277 e. The number of fused-ring (bicyclic) bond motifs is 1. The van der Waals surface area contributed by atoms with Crippen molar-refractivity contribution in [3.8, 4) is 0 Å². The molecule has 86 valence electrons. The summed E-state index contributed by atoms with van der Waals surface area (Å²) in [6.45, 7) is 8.02. The molecule has 0 radical (unpaired) electrons. The van der Waals surface area contributed by atoms with Crippen LogP contribution in [-0.4, -0.2) is 19.2 Å². The minimum atomic E-state index is -0.117. The fourth-order valence-corrected chi connectivity index (χ4v) is 1.79. The van der Waals surface area contributed by atoms with Crippen LogP contribution in [0.2, 0.25) is 0 Å². The van der Waals surface area contributed by atoms with Gasteiger partial charge in [0.25, 0.3) is 0 Å². The normalized spacial score (nSPS) is 11.9. The van der Waals surface area contributed by atoms with Crippen molar-refractivity contribution in [3.63, 3.8) is 0 Å². The van der Waals surface area contributed by atoms with Gasteiger partial charge in [0.1, 0.15) is 5.82 Å². The van der Waals surface area contributed by atoms with Crippen molar-refractivity contribution in [2.45, 2.75) is 39.7 Å². The third-order valence-electron chi connectivity index (χ3n) is 2.52. The molecule has 0 unspecified atom stereocenters. The first-order valence-corrected chi connectivity index (χ1v) is 5.48. The van der Waals surface area contributed by atoms with Crippen LogP contribution in [0, 0.1) is 0 Å². The van der Waals surface area contributed by atoms with E-state index in [0.29, 0.717) is 5.65 Å². The molecular weight excluding hydrogens is 204 g/mol. The van der Waals surface area contributed by atoms with E-state index >= 15 is 0 Å². The molecule has 0 amide bonds. The summed E-state index contributed by atoms with van der Waals surface area (Å²) < 4.78 is 3.04. The summed E-state index contributed by atoms with van der Waals surface area (Å²) in [6, 6.07) is 1.84. The average molecular weight is 220 g/mol. The van der Waals surface area contributed by atoms with Crippen LogP contribution in [0.1, 0.15) is 45.5 Å². The van der Waals surface area contributed by atoms with Gasteiger partial charge < -0.3 is 0 Å². The van der Waals surface area contributed by atoms with E-state index in [1.165, 1.54) is 4.52 Å². The Morgan fingerprint density at radius 3 is 2.50 bits per heavy atom. The van der Waals surface area contributed by atoms with E-state index in [0.717, 1.165) is 5.82 Å². The van der Waals surface area contributed by atoms with E-state index in [1.54, 1.807) is 16.8 Å². The fourth-order valence-electron chi connectivity index (χ4n) is 1.79. The van der Waals surface area contributed by atoms with Gasteiger partial charge in [-0.3, -0.25) is 4.57 Å². The van der Waals surface area contributed by atoms with Gasteiger partial charge >= 0.3 is 5.69 Å². The lowest BCUT2D eigenvalue weighted by atomic mass is 10.2. The van der Waals surface area contributed by atoms with Gasteiger partial charge in [-0.2, -0.15) is 9.61 Å². The molecule has 2 aromatic heterocycles. The summed E-state index contributed by atoms with van der Waals surface area (Å²) in [7, 11) is 0. The molecule has 0 N–H and O–H groups in total. The molecule has 0 atom stereocenters. The van der Waals surface area contributed by atoms with Crippen molar-refractivity contribution in [1.29, 1.82) is 0 Å². The molecule has 5 heteroatoms. The summed E-state index contributed by atoms with van der Waals surface area (Å²) >= 11 is 0. The molecule has 16 heavy (non-hydrogen) atoms. The molecule has 0 spiro atoms. The van der Waals surface area contributed by atoms with E-state index in [9.17, 15) is 4.79 Å². The standard InChI is InChI=1S/C11H16N4O/c1-7(2)10-13-9-5-6-12-15(9)11(16)14(10)8(3)4/h5-8H,1-4H3. The summed E-state index contributed by atoms with van der Waals surface area (Å²) in [4.78, 5) is 16.7. The summed E-state index contributed by atoms with van der Waals surface area (Å²) in [5.74, 6) is 1.03. The number of hydrogen-bond donors (Lipinski definition) is 0. The third kappa shape index (κ3) is 1.52. The Kier molecular flexibility index (Phi) is 2.53. The lowest BCUT2D eigenvalue weighted by Gasteiger charge is -2.17. The lowest BCUT2D eigenvalue weighted by molar-refractivity contribution is 0.493. The second-order valence-electron chi connectivity index (χ2n) is 4.47. The van der Waals surface area contributed by atoms with Crippen LogP contribution in [0.25, 0.3) is 5.65 Å². The average Bonchev–Trinajstić information content (AvgIpc) is 2.64. The van der Waals surface area contributed by atoms with Gasteiger partial charge in [0.05, 0.1) is 6.20 Å². The molecule has 0 fully saturated rings. The monoisotopic (exact) mass is 220 g/mol. The smallest absolute Gasteiger partial charge is 0.277 e. The Morgan fingerprint density at radius 1 is 1.25 bits per heavy atom. The van der Waals surface area contributed by atoms with Gasteiger partial charge in [0.15, 0.2) is 5.65 Å². The van der Waals surface area contributed by atoms with Crippen molar-refractivity contribution in [3.05, 3.63) is 28.6 Å². The molecule has 2 rings (SSSR count). The molecule has 5 nitrogen and oxygen atoms in total. The zero-order valence-electron chi connectivity index (χ0n) is 10.0. The summed E-state index contributed by atoms with van der Waals surface area (Å²) in [5.41, 5.74) is 0.499. The molecular formula is C11H16N4O. The van der Waals surface area contributed by atoms with E-state index in [1.807, 2.05) is 27.7 Å². The zero-order valence-corrected chi connectivity index (χ0v) is 10.0. The first-order valence-electron chi connectivity index (χ1n) is 5.48. The Hall–Kier alpha value is -1.65. The molecule has 0 saturated heterocycles. The predicted octanol–water partition coefficient (Wildman–Crippen LogP) is 1.60. The maximum absolute atomic E-state index is 12.2. The molecule has 2 heterocycles. The van der Waals surface area contributed by atoms with Crippen LogP contribution in [0.4, 0.5) is 0 Å². The molecule has 0 bridgehead atoms. The number of nitrogens with zero attached hydrogens (tertiary/aromatic N) is 4. The third-order valence-corrected chi connectivity index (χ3v) is 2.52. The van der Waals surface area contributed by atoms with E-state index < -0.39 is 0 Å². The van der Waals surface area contributed by atoms with E-state index in [4.69, 9.17) is 0 Å². The maximum atomic E-state index is 12.2. The molecule has 0 aliphatic heterocycles. The van der Waals surface area contributed by atoms with Gasteiger partial charge in [0, 0.05) is 18.0 Å². The fraction of sp³-hybridized carbons (Fsp3) is 0.545. The molecule has 0 aliphatic carbocycles. The van der Waals surface area contributed by atoms with Crippen molar-refractivity contribution in [1.82, 2.24) is 19.2 Å². The van der Waals surface area contributed by atoms with Gasteiger partial charge in [-0.15, -0.1) is 0 Å². The van der Waals surface area contributed by atoms with Gasteiger partial charge in [0.2, 0.25) is 0 Å². The first-order chi connectivity index (χ1) is 7.52. The highest BCUT2D eigenvalue weighted by atomic mass is 16.2. The first kappa shape index (κ1) is 10.9. The summed E-state index contributed by atoms with van der Waals surface area (Å²) in [5, 5.41) is 3.98. The summed E-state index contributed by atoms with van der Waals surface area (Å²) in [6.07, 6.45) is 1.60. The van der Waals surface area contributed by atoms with Crippen molar-refractivity contribution < 1.29 is 0 Å². The molecule has 2 aromatic rings. The topological polar surface area (TPSA) is 52.2 Å². The number of aromatic nitrogens is 4. The van der Waals surface area contributed by atoms with Gasteiger partial charge in [-0.1, -0.05) is 13.8 Å². The van der Waals surface area contributed by atoms with Crippen LogP contribution in [0.5, 0.6) is 0 Å². The van der Waals surface area contributed by atoms with Crippen LogP contribution in [-0.2, 0) is 0 Å². The Morgan fingerprint density at radius 2 is 1.94 bits per heavy atom. The number of hydrogen-bond acceptors (Lipinski definition) is 3. The van der Waals surface area contributed by atoms with E-state index in [2.05, 4.69) is 10.1 Å². The van der Waals surface area contributed by atoms with Crippen LogP contribution in [0.3, 0.4) is 0 Å². The highest BCUT2D eigenvalue weighted by Gasteiger charge is 2.15. The van der Waals surface area contributed by atoms with Crippen molar-refractivity contribution in [2.75, 3.05) is 0 Å². The van der Waals surface area contributed by atoms with E-state index in [-0.39, 0.29) is 17.6 Å². The number of rotatable bonds is 2. The largest absolute Gasteiger partial charge is 0.352 e. The van der Waals surface area contributed by atoms with Crippen molar-refractivity contribution >= 4 is 5.65 Å². The molecule has 0 aliphatic rings. The minimum absolute atomic E-state index is 0.0889. The second kappa shape index (κ2) is 3.73. The van der Waals surface area contributed by atoms with Crippen LogP contribution < -0.4 is 5.69 Å². The predicted molar refractivity (Wildman–Crippen MR) is 61.7 cm³/mol. The SMILES string of the molecule is CC(C)c1nc2ccnn2c(=O)n1C(C)C. The highest BCUT2D eigenvalue weighted by Crippen LogP contribution is 2.14. The van der Waals surface area contributed by atoms with Crippen LogP contribution >= 0.6 is 0 Å². The Balaban J connectivity index is 2.86. The Bertz CT molecular complexity index is 565. The van der Waals surface area contributed by atoms with Crippen molar-refractivity contribution in [2.24, 2.45) is 0 Å². The van der Waals surface area contributed by atoms with Crippen LogP contribution in [0.15, 0.2) is 17.1 Å². The second-order valence-corrected chi connectivity index (χ2v) is 4.47. The highest BCUT2D eigenvalue weighted by molar-refractivity contribution is 5.35. The molecule has 0 aromatic carbocycles. The maximum Gasteiger partial charge on any atom is 0.352 e. The lowest BCUT2D eigenvalue weighted by Crippen LogP contribution is -2.33. The zero-order chi connectivity index (χ0) is 11.9. The Labute approximate surface area is 93.7 Å². The quantitative estimate of drug-likeness (QED) is 0.772.